The predicted molar refractivity (Wildman–Crippen MR) is 80.4 cm³/mol. The van der Waals surface area contributed by atoms with Crippen LogP contribution >= 0.6 is 15.9 Å². The van der Waals surface area contributed by atoms with E-state index in [1.54, 1.807) is 42.6 Å². The third-order valence-corrected chi connectivity index (χ3v) is 2.99. The number of benzene rings is 1. The second-order valence-corrected chi connectivity index (χ2v) is 5.05. The Morgan fingerprint density at radius 3 is 2.25 bits per heavy atom. The number of carbonyl (C=O) groups excluding carboxylic acids is 2. The van der Waals surface area contributed by atoms with E-state index in [9.17, 15) is 9.59 Å². The normalized spacial score (nSPS) is 9.90. The van der Waals surface area contributed by atoms with Crippen LogP contribution in [-0.4, -0.2) is 16.8 Å². The molecule has 0 saturated heterocycles. The van der Waals surface area contributed by atoms with E-state index in [0.717, 1.165) is 10.0 Å². The van der Waals surface area contributed by atoms with Crippen molar-refractivity contribution in [2.75, 3.05) is 10.6 Å². The number of carbonyl (C=O) groups is 2. The van der Waals surface area contributed by atoms with Crippen molar-refractivity contribution in [1.82, 2.24) is 4.98 Å². The highest BCUT2D eigenvalue weighted by molar-refractivity contribution is 9.10. The third-order valence-electron chi connectivity index (χ3n) is 2.46. The maximum absolute atomic E-state index is 11.7. The molecule has 1 aromatic heterocycles. The van der Waals surface area contributed by atoms with Gasteiger partial charge in [0, 0.05) is 16.4 Å². The Morgan fingerprint density at radius 1 is 1.00 bits per heavy atom. The van der Waals surface area contributed by atoms with E-state index in [4.69, 9.17) is 0 Å². The number of nitrogens with zero attached hydrogens (tertiary/aromatic N) is 1. The Morgan fingerprint density at radius 2 is 1.65 bits per heavy atom. The van der Waals surface area contributed by atoms with Crippen molar-refractivity contribution >= 4 is 39.2 Å². The number of nitrogens with one attached hydrogen (secondary N) is 2. The van der Waals surface area contributed by atoms with Gasteiger partial charge in [0.15, 0.2) is 0 Å². The number of hydrogen-bond acceptors (Lipinski definition) is 3. The number of hydrogen-bond donors (Lipinski definition) is 2. The molecule has 0 bridgehead atoms. The summed E-state index contributed by atoms with van der Waals surface area (Å²) in [6.45, 7) is 1.89. The van der Waals surface area contributed by atoms with Crippen LogP contribution in [0.3, 0.4) is 0 Å². The largest absolute Gasteiger partial charge is 0.318 e. The number of pyridine rings is 1. The maximum Gasteiger partial charge on any atom is 0.315 e. The predicted octanol–water partition coefficient (Wildman–Crippen LogP) is 2.73. The van der Waals surface area contributed by atoms with Crippen molar-refractivity contribution in [2.24, 2.45) is 0 Å². The highest BCUT2D eigenvalue weighted by Crippen LogP contribution is 2.14. The first-order valence-electron chi connectivity index (χ1n) is 5.85. The average molecular weight is 334 g/mol. The van der Waals surface area contributed by atoms with Crippen molar-refractivity contribution < 1.29 is 9.59 Å². The summed E-state index contributed by atoms with van der Waals surface area (Å²) in [5.41, 5.74) is 1.52. The van der Waals surface area contributed by atoms with Crippen LogP contribution in [0.25, 0.3) is 0 Å². The average Bonchev–Trinajstić information content (AvgIpc) is 2.44. The fraction of sp³-hybridized carbons (Fsp3) is 0.0714. The lowest BCUT2D eigenvalue weighted by Gasteiger charge is -2.06. The van der Waals surface area contributed by atoms with Gasteiger partial charge < -0.3 is 10.6 Å². The minimum Gasteiger partial charge on any atom is -0.318 e. The molecule has 0 aliphatic heterocycles. The van der Waals surface area contributed by atoms with Crippen molar-refractivity contribution in [3.63, 3.8) is 0 Å². The number of halogens is 1. The first-order chi connectivity index (χ1) is 9.54. The van der Waals surface area contributed by atoms with Crippen molar-refractivity contribution in [2.45, 2.75) is 6.92 Å². The van der Waals surface area contributed by atoms with E-state index >= 15 is 0 Å². The van der Waals surface area contributed by atoms with Crippen LogP contribution < -0.4 is 10.6 Å². The van der Waals surface area contributed by atoms with Crippen LogP contribution in [0.4, 0.5) is 11.5 Å². The molecule has 2 aromatic rings. The molecule has 0 aliphatic rings. The molecule has 20 heavy (non-hydrogen) atoms. The Labute approximate surface area is 124 Å². The van der Waals surface area contributed by atoms with Gasteiger partial charge in [-0.15, -0.1) is 0 Å². The number of rotatable bonds is 2. The van der Waals surface area contributed by atoms with Gasteiger partial charge in [-0.3, -0.25) is 9.59 Å². The Hall–Kier alpha value is -2.21. The molecule has 0 radical (unpaired) electrons. The number of amides is 2. The number of anilines is 2. The van der Waals surface area contributed by atoms with Gasteiger partial charge in [0.1, 0.15) is 5.82 Å². The molecule has 0 saturated carbocycles. The molecular formula is C14H12BrN3O2. The highest BCUT2D eigenvalue weighted by atomic mass is 79.9. The Kier molecular flexibility index (Phi) is 4.47. The van der Waals surface area contributed by atoms with Crippen molar-refractivity contribution in [3.8, 4) is 0 Å². The first kappa shape index (κ1) is 14.2. The van der Waals surface area contributed by atoms with E-state index in [0.29, 0.717) is 11.5 Å². The lowest BCUT2D eigenvalue weighted by atomic mass is 10.3. The number of aryl methyl sites for hydroxylation is 1. The van der Waals surface area contributed by atoms with Crippen LogP contribution in [0, 0.1) is 6.92 Å². The summed E-state index contributed by atoms with van der Waals surface area (Å²) in [4.78, 5) is 27.4. The molecule has 2 amide bonds. The van der Waals surface area contributed by atoms with Crippen LogP contribution in [0.1, 0.15) is 5.56 Å². The van der Waals surface area contributed by atoms with Crippen molar-refractivity contribution in [1.29, 1.82) is 0 Å². The number of aromatic nitrogens is 1. The highest BCUT2D eigenvalue weighted by Gasteiger charge is 2.14. The molecule has 0 spiro atoms. The van der Waals surface area contributed by atoms with E-state index < -0.39 is 11.8 Å². The Balaban J connectivity index is 1.96. The van der Waals surface area contributed by atoms with Gasteiger partial charge in [-0.05, 0) is 42.8 Å². The summed E-state index contributed by atoms with van der Waals surface area (Å²) in [6, 6.07) is 10.4. The molecule has 102 valence electrons. The second-order valence-electron chi connectivity index (χ2n) is 4.14. The zero-order chi connectivity index (χ0) is 14.5. The van der Waals surface area contributed by atoms with Crippen LogP contribution in [0.15, 0.2) is 47.1 Å². The second kappa shape index (κ2) is 6.29. The lowest BCUT2D eigenvalue weighted by Crippen LogP contribution is -2.29. The van der Waals surface area contributed by atoms with Crippen molar-refractivity contribution in [3.05, 3.63) is 52.6 Å². The smallest absolute Gasteiger partial charge is 0.315 e. The van der Waals surface area contributed by atoms with E-state index in [1.807, 2.05) is 6.92 Å². The third kappa shape index (κ3) is 3.89. The summed E-state index contributed by atoms with van der Waals surface area (Å²) >= 11 is 3.29. The molecule has 6 heteroatoms. The van der Waals surface area contributed by atoms with Crippen LogP contribution in [0.5, 0.6) is 0 Å². The molecule has 0 unspecified atom stereocenters. The minimum atomic E-state index is -0.760. The van der Waals surface area contributed by atoms with Gasteiger partial charge in [0.2, 0.25) is 0 Å². The molecule has 0 aliphatic carbocycles. The molecular weight excluding hydrogens is 322 g/mol. The lowest BCUT2D eigenvalue weighted by molar-refractivity contribution is -0.133. The topological polar surface area (TPSA) is 71.1 Å². The maximum atomic E-state index is 11.7. The van der Waals surface area contributed by atoms with Gasteiger partial charge in [-0.25, -0.2) is 4.98 Å². The molecule has 0 atom stereocenters. The quantitative estimate of drug-likeness (QED) is 0.830. The van der Waals surface area contributed by atoms with Gasteiger partial charge in [-0.1, -0.05) is 22.0 Å². The van der Waals surface area contributed by atoms with Gasteiger partial charge in [0.05, 0.1) is 0 Å². The summed E-state index contributed by atoms with van der Waals surface area (Å²) in [6.07, 6.45) is 1.61. The standard InChI is InChI=1S/C14H12BrN3O2/c1-9-2-7-12(16-8-9)18-14(20)13(19)17-11-5-3-10(15)4-6-11/h2-8H,1H3,(H,17,19)(H,16,18,20). The van der Waals surface area contributed by atoms with Crippen LogP contribution in [0.2, 0.25) is 0 Å². The fourth-order valence-corrected chi connectivity index (χ4v) is 1.70. The minimum absolute atomic E-state index is 0.339. The molecule has 2 rings (SSSR count). The van der Waals surface area contributed by atoms with Gasteiger partial charge in [-0.2, -0.15) is 0 Å². The van der Waals surface area contributed by atoms with Gasteiger partial charge in [0.25, 0.3) is 0 Å². The molecule has 0 fully saturated rings. The SMILES string of the molecule is Cc1ccc(NC(=O)C(=O)Nc2ccc(Br)cc2)nc1. The zero-order valence-corrected chi connectivity index (χ0v) is 12.3. The van der Waals surface area contributed by atoms with E-state index in [-0.39, 0.29) is 0 Å². The van der Waals surface area contributed by atoms with E-state index in [1.165, 1.54) is 0 Å². The van der Waals surface area contributed by atoms with Crippen LogP contribution in [-0.2, 0) is 9.59 Å². The summed E-state index contributed by atoms with van der Waals surface area (Å²) < 4.78 is 0.892. The fourth-order valence-electron chi connectivity index (χ4n) is 1.44. The summed E-state index contributed by atoms with van der Waals surface area (Å²) in [5.74, 6) is -1.16. The molecule has 1 aromatic carbocycles. The first-order valence-corrected chi connectivity index (χ1v) is 6.64. The summed E-state index contributed by atoms with van der Waals surface area (Å²) in [7, 11) is 0. The monoisotopic (exact) mass is 333 g/mol. The molecule has 1 heterocycles. The van der Waals surface area contributed by atoms with E-state index in [2.05, 4.69) is 31.5 Å². The van der Waals surface area contributed by atoms with Gasteiger partial charge >= 0.3 is 11.8 Å². The zero-order valence-electron chi connectivity index (χ0n) is 10.7. The molecule has 2 N–H and O–H groups in total. The summed E-state index contributed by atoms with van der Waals surface area (Å²) in [5, 5.41) is 4.93. The molecule has 5 nitrogen and oxygen atoms in total. The Bertz CT molecular complexity index is 566.